The molecular formula is C18H20BrN3O4S. The Morgan fingerprint density at radius 3 is 2.41 bits per heavy atom. The van der Waals surface area contributed by atoms with Gasteiger partial charge in [-0.1, -0.05) is 12.1 Å². The Labute approximate surface area is 166 Å². The second-order valence-corrected chi connectivity index (χ2v) is 8.55. The fraction of sp³-hybridized carbons (Fsp3) is 0.278. The largest absolute Gasteiger partial charge is 0.495 e. The number of nitrogens with zero attached hydrogens (tertiary/aromatic N) is 2. The number of piperazine rings is 1. The monoisotopic (exact) mass is 453 g/mol. The van der Waals surface area contributed by atoms with Crippen LogP contribution in [0, 0.1) is 0 Å². The number of rotatable bonds is 4. The smallest absolute Gasteiger partial charge is 0.255 e. The number of sulfonamides is 1. The summed E-state index contributed by atoms with van der Waals surface area (Å²) in [4.78, 5) is 16.7. The molecule has 0 radical (unpaired) electrons. The number of amides is 1. The van der Waals surface area contributed by atoms with Gasteiger partial charge < -0.3 is 14.5 Å². The summed E-state index contributed by atoms with van der Waals surface area (Å²) in [6, 6.07) is 12.0. The minimum Gasteiger partial charge on any atom is -0.495 e. The van der Waals surface area contributed by atoms with Crippen molar-refractivity contribution in [3.05, 3.63) is 52.5 Å². The molecule has 2 aromatic rings. The zero-order chi connectivity index (χ0) is 19.6. The summed E-state index contributed by atoms with van der Waals surface area (Å²) in [7, 11) is -2.24. The molecule has 1 amide bonds. The summed E-state index contributed by atoms with van der Waals surface area (Å²) < 4.78 is 29.1. The van der Waals surface area contributed by atoms with Gasteiger partial charge in [0.05, 0.1) is 23.3 Å². The van der Waals surface area contributed by atoms with Crippen LogP contribution in [0.4, 0.5) is 5.69 Å². The van der Waals surface area contributed by atoms with Gasteiger partial charge in [0.15, 0.2) is 0 Å². The summed E-state index contributed by atoms with van der Waals surface area (Å²) in [5.74, 6) is 0.563. The highest BCUT2D eigenvalue weighted by Gasteiger charge is 2.25. The third-order valence-corrected chi connectivity index (χ3v) is 6.09. The van der Waals surface area contributed by atoms with E-state index in [9.17, 15) is 13.2 Å². The molecule has 0 unspecified atom stereocenters. The fourth-order valence-corrected chi connectivity index (χ4v) is 4.01. The van der Waals surface area contributed by atoms with Crippen molar-refractivity contribution in [2.45, 2.75) is 4.90 Å². The molecule has 27 heavy (non-hydrogen) atoms. The number of anilines is 1. The van der Waals surface area contributed by atoms with Gasteiger partial charge in [0, 0.05) is 30.7 Å². The van der Waals surface area contributed by atoms with Crippen molar-refractivity contribution in [2.75, 3.05) is 38.2 Å². The highest BCUT2D eigenvalue weighted by atomic mass is 79.9. The molecule has 2 aromatic carbocycles. The number of nitrogens with two attached hydrogens (primary N) is 1. The fourth-order valence-electron chi connectivity index (χ4n) is 3.06. The highest BCUT2D eigenvalue weighted by Crippen LogP contribution is 2.29. The predicted molar refractivity (Wildman–Crippen MR) is 107 cm³/mol. The Bertz CT molecular complexity index is 957. The van der Waals surface area contributed by atoms with E-state index in [1.54, 1.807) is 12.0 Å². The molecule has 0 aromatic heterocycles. The van der Waals surface area contributed by atoms with E-state index in [4.69, 9.17) is 9.88 Å². The van der Waals surface area contributed by atoms with Crippen LogP contribution in [0.2, 0.25) is 0 Å². The van der Waals surface area contributed by atoms with E-state index in [-0.39, 0.29) is 16.4 Å². The van der Waals surface area contributed by atoms with Gasteiger partial charge >= 0.3 is 0 Å². The molecule has 1 fully saturated rings. The van der Waals surface area contributed by atoms with Crippen molar-refractivity contribution in [3.8, 4) is 5.75 Å². The van der Waals surface area contributed by atoms with E-state index >= 15 is 0 Å². The van der Waals surface area contributed by atoms with Gasteiger partial charge in [-0.2, -0.15) is 0 Å². The number of ether oxygens (including phenoxy) is 1. The number of halogens is 1. The maximum atomic E-state index is 12.9. The first-order valence-corrected chi connectivity index (χ1v) is 10.6. The van der Waals surface area contributed by atoms with E-state index in [0.29, 0.717) is 30.7 Å². The van der Waals surface area contributed by atoms with Gasteiger partial charge in [-0.3, -0.25) is 4.79 Å². The zero-order valence-electron chi connectivity index (χ0n) is 14.8. The number of carbonyl (C=O) groups is 1. The Hall–Kier alpha value is -2.10. The zero-order valence-corrected chi connectivity index (χ0v) is 17.2. The Morgan fingerprint density at radius 1 is 1.11 bits per heavy atom. The van der Waals surface area contributed by atoms with Gasteiger partial charge in [-0.05, 0) is 46.3 Å². The molecule has 144 valence electrons. The maximum absolute atomic E-state index is 12.9. The molecule has 3 rings (SSSR count). The second kappa shape index (κ2) is 7.87. The molecule has 0 aliphatic carbocycles. The van der Waals surface area contributed by atoms with Crippen molar-refractivity contribution in [1.29, 1.82) is 0 Å². The molecule has 1 saturated heterocycles. The lowest BCUT2D eigenvalue weighted by atomic mass is 10.1. The van der Waals surface area contributed by atoms with Gasteiger partial charge in [0.1, 0.15) is 5.75 Å². The third kappa shape index (κ3) is 4.26. The lowest BCUT2D eigenvalue weighted by molar-refractivity contribution is 0.0745. The van der Waals surface area contributed by atoms with Gasteiger partial charge in [0.25, 0.3) is 5.91 Å². The van der Waals surface area contributed by atoms with Crippen LogP contribution in [0.3, 0.4) is 0 Å². The SMILES string of the molecule is COc1ccccc1N1CCN(C(=O)c2cc(S(N)(=O)=O)ccc2Br)CC1. The van der Waals surface area contributed by atoms with Crippen LogP contribution < -0.4 is 14.8 Å². The summed E-state index contributed by atoms with van der Waals surface area (Å²) in [6.45, 7) is 2.34. The average molecular weight is 454 g/mol. The number of hydrogen-bond acceptors (Lipinski definition) is 5. The number of carbonyl (C=O) groups excluding carboxylic acids is 1. The molecule has 2 N–H and O–H groups in total. The average Bonchev–Trinajstić information content (AvgIpc) is 2.67. The highest BCUT2D eigenvalue weighted by molar-refractivity contribution is 9.10. The molecule has 0 spiro atoms. The van der Waals surface area contributed by atoms with E-state index in [1.165, 1.54) is 18.2 Å². The predicted octanol–water partition coefficient (Wildman–Crippen LogP) is 2.07. The third-order valence-electron chi connectivity index (χ3n) is 4.49. The van der Waals surface area contributed by atoms with Gasteiger partial charge in [-0.25, -0.2) is 13.6 Å². The molecule has 0 bridgehead atoms. The van der Waals surface area contributed by atoms with Crippen LogP contribution in [-0.4, -0.2) is 52.5 Å². The van der Waals surface area contributed by atoms with Crippen LogP contribution in [0.25, 0.3) is 0 Å². The molecular weight excluding hydrogens is 434 g/mol. The molecule has 7 nitrogen and oxygen atoms in total. The lowest BCUT2D eigenvalue weighted by Crippen LogP contribution is -2.49. The Morgan fingerprint density at radius 2 is 1.78 bits per heavy atom. The normalized spacial score (nSPS) is 14.9. The molecule has 1 aliphatic heterocycles. The molecule has 0 atom stereocenters. The molecule has 0 saturated carbocycles. The van der Waals surface area contributed by atoms with Crippen molar-refractivity contribution in [1.82, 2.24) is 4.90 Å². The summed E-state index contributed by atoms with van der Waals surface area (Å²) in [6.07, 6.45) is 0. The quantitative estimate of drug-likeness (QED) is 0.764. The van der Waals surface area contributed by atoms with Crippen LogP contribution in [0.1, 0.15) is 10.4 Å². The molecule has 1 heterocycles. The van der Waals surface area contributed by atoms with E-state index in [1.807, 2.05) is 24.3 Å². The van der Waals surface area contributed by atoms with Crippen LogP contribution in [0.5, 0.6) is 5.75 Å². The van der Waals surface area contributed by atoms with E-state index in [2.05, 4.69) is 20.8 Å². The Kier molecular flexibility index (Phi) is 5.73. The molecule has 9 heteroatoms. The minimum atomic E-state index is -3.87. The number of primary sulfonamides is 1. The second-order valence-electron chi connectivity index (χ2n) is 6.14. The first-order valence-electron chi connectivity index (χ1n) is 8.31. The number of para-hydroxylation sites is 2. The topological polar surface area (TPSA) is 92.9 Å². The van der Waals surface area contributed by atoms with Crippen LogP contribution >= 0.6 is 15.9 Å². The van der Waals surface area contributed by atoms with Gasteiger partial charge in [-0.15, -0.1) is 0 Å². The summed E-state index contributed by atoms with van der Waals surface area (Å²) in [5, 5.41) is 5.18. The number of methoxy groups -OCH3 is 1. The first kappa shape index (κ1) is 19.7. The van der Waals surface area contributed by atoms with Crippen molar-refractivity contribution < 1.29 is 17.9 Å². The first-order chi connectivity index (χ1) is 12.8. The lowest BCUT2D eigenvalue weighted by Gasteiger charge is -2.36. The van der Waals surface area contributed by atoms with Crippen molar-refractivity contribution in [2.24, 2.45) is 5.14 Å². The minimum absolute atomic E-state index is 0.0818. The van der Waals surface area contributed by atoms with Crippen LogP contribution in [0.15, 0.2) is 51.8 Å². The van der Waals surface area contributed by atoms with Crippen molar-refractivity contribution >= 4 is 37.5 Å². The number of hydrogen-bond donors (Lipinski definition) is 1. The van der Waals surface area contributed by atoms with Crippen molar-refractivity contribution in [3.63, 3.8) is 0 Å². The summed E-state index contributed by atoms with van der Waals surface area (Å²) >= 11 is 3.32. The standard InChI is InChI=1S/C18H20BrN3O4S/c1-26-17-5-3-2-4-16(17)21-8-10-22(11-9-21)18(23)14-12-13(27(20,24)25)6-7-15(14)19/h2-7,12H,8-11H2,1H3,(H2,20,24,25). The van der Waals surface area contributed by atoms with Gasteiger partial charge in [0.2, 0.25) is 10.0 Å². The van der Waals surface area contributed by atoms with Crippen LogP contribution in [-0.2, 0) is 10.0 Å². The Balaban J connectivity index is 1.76. The molecule has 1 aliphatic rings. The maximum Gasteiger partial charge on any atom is 0.255 e. The summed E-state index contributed by atoms with van der Waals surface area (Å²) in [5.41, 5.74) is 1.27. The van der Waals surface area contributed by atoms with E-state index in [0.717, 1.165) is 11.4 Å². The van der Waals surface area contributed by atoms with E-state index < -0.39 is 10.0 Å². The number of benzene rings is 2.